The molecular weight excluding hydrogens is 572 g/mol. The summed E-state index contributed by atoms with van der Waals surface area (Å²) in [6.07, 6.45) is 3.59. The summed E-state index contributed by atoms with van der Waals surface area (Å²) in [6, 6.07) is 24.1. The SMILES string of the molecule is CCCCOP(=O)(OCCCC)C(NC(=S)N[C@H](Cc1ccccc1)C(=O)NCc1ccc(F)cc1)c1ccccc1. The second-order valence-corrected chi connectivity index (χ2v) is 12.5. The van der Waals surface area contributed by atoms with Crippen LogP contribution in [0.4, 0.5) is 4.39 Å². The summed E-state index contributed by atoms with van der Waals surface area (Å²) in [5, 5.41) is 9.35. The van der Waals surface area contributed by atoms with Gasteiger partial charge in [0.25, 0.3) is 0 Å². The normalized spacial score (nSPS) is 12.7. The molecule has 0 heterocycles. The smallest absolute Gasteiger partial charge is 0.351 e. The second kappa shape index (κ2) is 17.8. The summed E-state index contributed by atoms with van der Waals surface area (Å²) in [4.78, 5) is 13.4. The van der Waals surface area contributed by atoms with Crippen molar-refractivity contribution >= 4 is 30.8 Å². The molecule has 10 heteroatoms. The predicted molar refractivity (Wildman–Crippen MR) is 170 cm³/mol. The lowest BCUT2D eigenvalue weighted by molar-refractivity contribution is -0.122. The minimum Gasteiger partial charge on any atom is -0.351 e. The highest BCUT2D eigenvalue weighted by Gasteiger charge is 2.38. The maximum absolute atomic E-state index is 14.3. The molecule has 3 N–H and O–H groups in total. The van der Waals surface area contributed by atoms with Gasteiger partial charge in [0.15, 0.2) is 10.9 Å². The number of benzene rings is 3. The van der Waals surface area contributed by atoms with E-state index in [1.807, 2.05) is 74.5 Å². The van der Waals surface area contributed by atoms with Crippen molar-refractivity contribution in [2.75, 3.05) is 13.2 Å². The molecule has 0 spiro atoms. The monoisotopic (exact) mass is 613 g/mol. The molecule has 1 amide bonds. The summed E-state index contributed by atoms with van der Waals surface area (Å²) in [5.41, 5.74) is 2.40. The van der Waals surface area contributed by atoms with E-state index < -0.39 is 19.4 Å². The zero-order valence-corrected chi connectivity index (χ0v) is 26.0. The van der Waals surface area contributed by atoms with Crippen LogP contribution in [-0.4, -0.2) is 30.3 Å². The number of hydrogen-bond acceptors (Lipinski definition) is 5. The number of rotatable bonds is 17. The molecule has 0 aromatic heterocycles. The van der Waals surface area contributed by atoms with E-state index in [0.29, 0.717) is 12.0 Å². The van der Waals surface area contributed by atoms with Crippen LogP contribution in [0.25, 0.3) is 0 Å². The van der Waals surface area contributed by atoms with Crippen LogP contribution in [0.2, 0.25) is 0 Å². The number of carbonyl (C=O) groups excluding carboxylic acids is 1. The van der Waals surface area contributed by atoms with Gasteiger partial charge >= 0.3 is 7.60 Å². The standard InChI is InChI=1S/C32H41FN3O4PS/c1-3-5-21-39-41(38,40-22-6-4-2)31(27-15-11-8-12-16-27)36-32(42)35-29(23-25-13-9-7-10-14-25)30(37)34-24-26-17-19-28(33)20-18-26/h7-20,29,31H,3-6,21-24H2,1-2H3,(H,34,37)(H2,35,36,42)/t29-,31?/m1/s1. The molecular formula is C32H41FN3O4PS. The number of halogens is 1. The van der Waals surface area contributed by atoms with E-state index in [1.54, 1.807) is 12.1 Å². The Kier molecular flexibility index (Phi) is 14.1. The Hall–Kier alpha value is -3.10. The number of amides is 1. The minimum atomic E-state index is -3.72. The fourth-order valence-electron chi connectivity index (χ4n) is 4.14. The Morgan fingerprint density at radius 2 is 1.40 bits per heavy atom. The molecule has 3 rings (SSSR count). The van der Waals surface area contributed by atoms with Crippen molar-refractivity contribution in [2.24, 2.45) is 0 Å². The molecule has 0 aliphatic rings. The van der Waals surface area contributed by atoms with Gasteiger partial charge < -0.3 is 25.0 Å². The summed E-state index contributed by atoms with van der Waals surface area (Å²) in [5.74, 6) is -1.51. The van der Waals surface area contributed by atoms with E-state index in [-0.39, 0.29) is 36.6 Å². The third kappa shape index (κ3) is 11.0. The molecule has 42 heavy (non-hydrogen) atoms. The van der Waals surface area contributed by atoms with E-state index in [4.69, 9.17) is 21.3 Å². The van der Waals surface area contributed by atoms with Crippen molar-refractivity contribution in [1.82, 2.24) is 16.0 Å². The lowest BCUT2D eigenvalue weighted by Gasteiger charge is -2.30. The van der Waals surface area contributed by atoms with Crippen molar-refractivity contribution in [2.45, 2.75) is 64.3 Å². The van der Waals surface area contributed by atoms with Crippen molar-refractivity contribution in [3.8, 4) is 0 Å². The Morgan fingerprint density at radius 1 is 0.833 bits per heavy atom. The first-order valence-electron chi connectivity index (χ1n) is 14.4. The van der Waals surface area contributed by atoms with Gasteiger partial charge in [0.05, 0.1) is 13.2 Å². The van der Waals surface area contributed by atoms with Crippen LogP contribution in [0, 0.1) is 5.82 Å². The summed E-state index contributed by atoms with van der Waals surface area (Å²) < 4.78 is 39.5. The van der Waals surface area contributed by atoms with Crippen molar-refractivity contribution in [3.63, 3.8) is 0 Å². The van der Waals surface area contributed by atoms with Crippen LogP contribution in [0.3, 0.4) is 0 Å². The van der Waals surface area contributed by atoms with E-state index in [1.165, 1.54) is 12.1 Å². The maximum atomic E-state index is 14.3. The minimum absolute atomic E-state index is 0.139. The number of thiocarbonyl (C=S) groups is 1. The number of hydrogen-bond donors (Lipinski definition) is 3. The average molecular weight is 614 g/mol. The van der Waals surface area contributed by atoms with Gasteiger partial charge in [0.1, 0.15) is 11.9 Å². The van der Waals surface area contributed by atoms with Gasteiger partial charge in [-0.15, -0.1) is 0 Å². The van der Waals surface area contributed by atoms with Gasteiger partial charge in [-0.3, -0.25) is 9.36 Å². The number of carbonyl (C=O) groups is 1. The molecule has 3 aromatic carbocycles. The molecule has 0 bridgehead atoms. The lowest BCUT2D eigenvalue weighted by Crippen LogP contribution is -2.51. The lowest BCUT2D eigenvalue weighted by atomic mass is 10.1. The van der Waals surface area contributed by atoms with E-state index in [0.717, 1.165) is 36.8 Å². The topological polar surface area (TPSA) is 88.7 Å². The average Bonchev–Trinajstić information content (AvgIpc) is 3.00. The van der Waals surface area contributed by atoms with E-state index >= 15 is 0 Å². The largest absolute Gasteiger partial charge is 0.357 e. The molecule has 2 atom stereocenters. The van der Waals surface area contributed by atoms with Gasteiger partial charge in [0.2, 0.25) is 5.91 Å². The first-order chi connectivity index (χ1) is 20.3. The van der Waals surface area contributed by atoms with Crippen LogP contribution < -0.4 is 16.0 Å². The predicted octanol–water partition coefficient (Wildman–Crippen LogP) is 7.04. The van der Waals surface area contributed by atoms with Crippen molar-refractivity contribution in [1.29, 1.82) is 0 Å². The Balaban J connectivity index is 1.82. The van der Waals surface area contributed by atoms with Gasteiger partial charge in [-0.25, -0.2) is 4.39 Å². The molecule has 226 valence electrons. The Morgan fingerprint density at radius 3 is 1.98 bits per heavy atom. The molecule has 0 radical (unpaired) electrons. The van der Waals surface area contributed by atoms with Crippen LogP contribution in [0.15, 0.2) is 84.9 Å². The molecule has 0 saturated heterocycles. The zero-order chi connectivity index (χ0) is 30.2. The molecule has 0 aliphatic heterocycles. The van der Waals surface area contributed by atoms with Crippen molar-refractivity contribution in [3.05, 3.63) is 107 Å². The highest BCUT2D eigenvalue weighted by Crippen LogP contribution is 2.59. The molecule has 3 aromatic rings. The Bertz CT molecular complexity index is 1270. The molecule has 0 saturated carbocycles. The summed E-state index contributed by atoms with van der Waals surface area (Å²) in [7, 11) is -3.72. The van der Waals surface area contributed by atoms with E-state index in [2.05, 4.69) is 16.0 Å². The third-order valence-electron chi connectivity index (χ3n) is 6.52. The molecule has 7 nitrogen and oxygen atoms in total. The van der Waals surface area contributed by atoms with Gasteiger partial charge in [0, 0.05) is 13.0 Å². The fourth-order valence-corrected chi connectivity index (χ4v) is 6.45. The highest BCUT2D eigenvalue weighted by molar-refractivity contribution is 7.80. The number of nitrogens with one attached hydrogen (secondary N) is 3. The summed E-state index contributed by atoms with van der Waals surface area (Å²) in [6.45, 7) is 4.87. The van der Waals surface area contributed by atoms with Crippen molar-refractivity contribution < 1.29 is 22.8 Å². The zero-order valence-electron chi connectivity index (χ0n) is 24.3. The quantitative estimate of drug-likeness (QED) is 0.0855. The van der Waals surface area contributed by atoms with Crippen LogP contribution >= 0.6 is 19.8 Å². The second-order valence-electron chi connectivity index (χ2n) is 9.93. The Labute approximate surface area is 254 Å². The van der Waals surface area contributed by atoms with Crippen LogP contribution in [0.1, 0.15) is 62.0 Å². The van der Waals surface area contributed by atoms with Gasteiger partial charge in [-0.2, -0.15) is 0 Å². The maximum Gasteiger partial charge on any atom is 0.357 e. The van der Waals surface area contributed by atoms with Crippen LogP contribution in [0.5, 0.6) is 0 Å². The first-order valence-corrected chi connectivity index (χ1v) is 16.4. The number of unbranched alkanes of at least 4 members (excludes halogenated alkanes) is 2. The van der Waals surface area contributed by atoms with Crippen LogP contribution in [-0.2, 0) is 31.4 Å². The molecule has 0 fully saturated rings. The summed E-state index contributed by atoms with van der Waals surface area (Å²) >= 11 is 5.70. The molecule has 0 aliphatic carbocycles. The third-order valence-corrected chi connectivity index (χ3v) is 8.90. The van der Waals surface area contributed by atoms with E-state index in [9.17, 15) is 13.8 Å². The van der Waals surface area contributed by atoms with Gasteiger partial charge in [-0.05, 0) is 53.9 Å². The first kappa shape index (κ1) is 33.4. The highest BCUT2D eigenvalue weighted by atomic mass is 32.1. The molecule has 1 unspecified atom stereocenters. The fraction of sp³-hybridized carbons (Fsp3) is 0.375. The van der Waals surface area contributed by atoms with Gasteiger partial charge in [-0.1, -0.05) is 99.5 Å².